The topological polar surface area (TPSA) is 152 Å². The number of hydrogen-bond acceptors (Lipinski definition) is 10. The first kappa shape index (κ1) is 25.8. The van der Waals surface area contributed by atoms with E-state index in [2.05, 4.69) is 0 Å². The smallest absolute Gasteiger partial charge is 0.331 e. The Morgan fingerprint density at radius 2 is 1.63 bits per heavy atom. The SMILES string of the molecule is COc1cc(C=CC(=O)OC[C@H]2O[C@H](CO)[C@@H](OC(=O)C=Cc3ccc(O)cc3)[C@@H]2O)ccc1O. The van der Waals surface area contributed by atoms with E-state index in [-0.39, 0.29) is 23.9 Å². The Morgan fingerprint density at radius 1 is 0.971 bits per heavy atom. The molecule has 1 aliphatic heterocycles. The summed E-state index contributed by atoms with van der Waals surface area (Å²) in [5, 5.41) is 39.0. The Morgan fingerprint density at radius 3 is 2.31 bits per heavy atom. The Balaban J connectivity index is 1.53. The summed E-state index contributed by atoms with van der Waals surface area (Å²) in [5.74, 6) is -1.19. The standard InChI is InChI=1S/C25H26O10/c1-32-19-12-16(4-9-18(19)28)6-10-22(29)33-14-21-24(31)25(20(13-26)34-21)35-23(30)11-5-15-2-7-17(27)8-3-15/h2-12,20-21,24-28,31H,13-14H2,1H3/t20-,21-,24-,25-/m1/s1. The normalized spacial score (nSPS) is 21.9. The van der Waals surface area contributed by atoms with Crippen LogP contribution in [0, 0.1) is 0 Å². The molecule has 0 spiro atoms. The van der Waals surface area contributed by atoms with E-state index >= 15 is 0 Å². The molecule has 2 aromatic rings. The van der Waals surface area contributed by atoms with Crippen LogP contribution in [0.4, 0.5) is 0 Å². The van der Waals surface area contributed by atoms with Crippen molar-refractivity contribution in [2.75, 3.05) is 20.3 Å². The lowest BCUT2D eigenvalue weighted by atomic mass is 10.1. The molecule has 35 heavy (non-hydrogen) atoms. The van der Waals surface area contributed by atoms with Crippen LogP contribution in [-0.4, -0.2) is 77.1 Å². The van der Waals surface area contributed by atoms with Gasteiger partial charge in [0.15, 0.2) is 17.6 Å². The number of carbonyl (C=O) groups is 2. The van der Waals surface area contributed by atoms with Crippen molar-refractivity contribution in [3.8, 4) is 17.2 Å². The summed E-state index contributed by atoms with van der Waals surface area (Å²) >= 11 is 0. The number of ether oxygens (including phenoxy) is 4. The van der Waals surface area contributed by atoms with Gasteiger partial charge in [0.25, 0.3) is 0 Å². The summed E-state index contributed by atoms with van der Waals surface area (Å²) in [6, 6.07) is 10.6. The summed E-state index contributed by atoms with van der Waals surface area (Å²) in [6.07, 6.45) is 0.700. The van der Waals surface area contributed by atoms with Gasteiger partial charge in [-0.15, -0.1) is 0 Å². The van der Waals surface area contributed by atoms with Gasteiger partial charge in [0.05, 0.1) is 13.7 Å². The number of rotatable bonds is 9. The van der Waals surface area contributed by atoms with E-state index in [1.165, 1.54) is 43.5 Å². The maximum absolute atomic E-state index is 12.2. The molecule has 2 aromatic carbocycles. The van der Waals surface area contributed by atoms with Crippen molar-refractivity contribution in [1.82, 2.24) is 0 Å². The van der Waals surface area contributed by atoms with Crippen LogP contribution in [0.25, 0.3) is 12.2 Å². The highest BCUT2D eigenvalue weighted by Gasteiger charge is 2.46. The zero-order chi connectivity index (χ0) is 25.4. The molecule has 0 saturated carbocycles. The molecule has 4 atom stereocenters. The van der Waals surface area contributed by atoms with E-state index in [1.54, 1.807) is 18.2 Å². The molecule has 0 aromatic heterocycles. The van der Waals surface area contributed by atoms with Gasteiger partial charge in [-0.05, 0) is 47.5 Å². The zero-order valence-corrected chi connectivity index (χ0v) is 18.8. The molecule has 0 aliphatic carbocycles. The highest BCUT2D eigenvalue weighted by molar-refractivity contribution is 5.87. The predicted octanol–water partition coefficient (Wildman–Crippen LogP) is 1.41. The van der Waals surface area contributed by atoms with E-state index in [0.717, 1.165) is 12.2 Å². The number of phenols is 2. The minimum Gasteiger partial charge on any atom is -0.508 e. The molecule has 10 nitrogen and oxygen atoms in total. The lowest BCUT2D eigenvalue weighted by Gasteiger charge is -2.18. The minimum atomic E-state index is -1.34. The van der Waals surface area contributed by atoms with E-state index in [0.29, 0.717) is 11.1 Å². The van der Waals surface area contributed by atoms with Crippen molar-refractivity contribution in [2.24, 2.45) is 0 Å². The number of aromatic hydroxyl groups is 2. The fourth-order valence-electron chi connectivity index (χ4n) is 3.34. The predicted molar refractivity (Wildman–Crippen MR) is 123 cm³/mol. The molecular formula is C25H26O10. The van der Waals surface area contributed by atoms with Crippen molar-refractivity contribution >= 4 is 24.1 Å². The van der Waals surface area contributed by atoms with E-state index in [9.17, 15) is 30.0 Å². The van der Waals surface area contributed by atoms with Crippen LogP contribution < -0.4 is 4.74 Å². The molecule has 0 amide bonds. The lowest BCUT2D eigenvalue weighted by Crippen LogP contribution is -2.39. The second-order valence-electron chi connectivity index (χ2n) is 7.61. The summed E-state index contributed by atoms with van der Waals surface area (Å²) in [6.45, 7) is -0.860. The van der Waals surface area contributed by atoms with Gasteiger partial charge in [0, 0.05) is 12.2 Å². The summed E-state index contributed by atoms with van der Waals surface area (Å²) in [4.78, 5) is 24.2. The van der Waals surface area contributed by atoms with E-state index < -0.39 is 43.0 Å². The number of benzene rings is 2. The third-order valence-corrected chi connectivity index (χ3v) is 5.18. The zero-order valence-electron chi connectivity index (χ0n) is 18.8. The number of hydrogen-bond donors (Lipinski definition) is 4. The molecule has 0 bridgehead atoms. The fraction of sp³-hybridized carbons (Fsp3) is 0.280. The van der Waals surface area contributed by atoms with Crippen molar-refractivity contribution in [1.29, 1.82) is 0 Å². The molecular weight excluding hydrogens is 460 g/mol. The van der Waals surface area contributed by atoms with Gasteiger partial charge < -0.3 is 39.4 Å². The molecule has 10 heteroatoms. The molecule has 1 saturated heterocycles. The Hall–Kier alpha value is -3.86. The van der Waals surface area contributed by atoms with Crippen LogP contribution in [0.3, 0.4) is 0 Å². The van der Waals surface area contributed by atoms with Gasteiger partial charge >= 0.3 is 11.9 Å². The second kappa shape index (κ2) is 12.0. The first-order valence-corrected chi connectivity index (χ1v) is 10.6. The maximum atomic E-state index is 12.2. The van der Waals surface area contributed by atoms with Gasteiger partial charge in [0.2, 0.25) is 0 Å². The number of carbonyl (C=O) groups excluding carboxylic acids is 2. The molecule has 1 fully saturated rings. The average molecular weight is 486 g/mol. The second-order valence-corrected chi connectivity index (χ2v) is 7.61. The number of phenolic OH excluding ortho intramolecular Hbond substituents is 2. The van der Waals surface area contributed by atoms with Crippen molar-refractivity contribution in [3.05, 3.63) is 65.7 Å². The molecule has 3 rings (SSSR count). The van der Waals surface area contributed by atoms with Gasteiger partial charge in [-0.25, -0.2) is 9.59 Å². The van der Waals surface area contributed by atoms with Gasteiger partial charge in [-0.3, -0.25) is 0 Å². The van der Waals surface area contributed by atoms with Gasteiger partial charge in [-0.1, -0.05) is 18.2 Å². The van der Waals surface area contributed by atoms with Crippen molar-refractivity contribution in [2.45, 2.75) is 24.4 Å². The Labute approximate surface area is 201 Å². The summed E-state index contributed by atoms with van der Waals surface area (Å²) in [5.41, 5.74) is 1.23. The Bertz CT molecular complexity index is 1080. The van der Waals surface area contributed by atoms with Crippen molar-refractivity contribution < 1.29 is 49.0 Å². The Kier molecular flexibility index (Phi) is 8.85. The molecule has 0 unspecified atom stereocenters. The highest BCUT2D eigenvalue weighted by atomic mass is 16.6. The average Bonchev–Trinajstić information content (AvgIpc) is 3.16. The third kappa shape index (κ3) is 7.06. The largest absolute Gasteiger partial charge is 0.508 e. The molecule has 0 radical (unpaired) electrons. The number of methoxy groups -OCH3 is 1. The third-order valence-electron chi connectivity index (χ3n) is 5.18. The fourth-order valence-corrected chi connectivity index (χ4v) is 3.34. The van der Waals surface area contributed by atoms with Crippen molar-refractivity contribution in [3.63, 3.8) is 0 Å². The first-order chi connectivity index (χ1) is 16.8. The molecule has 1 heterocycles. The lowest BCUT2D eigenvalue weighted by molar-refractivity contribution is -0.150. The first-order valence-electron chi connectivity index (χ1n) is 10.6. The number of esters is 2. The maximum Gasteiger partial charge on any atom is 0.331 e. The van der Waals surface area contributed by atoms with Crippen LogP contribution in [-0.2, 0) is 23.8 Å². The minimum absolute atomic E-state index is 0.0378. The molecule has 1 aliphatic rings. The van der Waals surface area contributed by atoms with Gasteiger partial charge in [-0.2, -0.15) is 0 Å². The van der Waals surface area contributed by atoms with Crippen LogP contribution in [0.15, 0.2) is 54.6 Å². The van der Waals surface area contributed by atoms with Crippen LogP contribution in [0.5, 0.6) is 17.2 Å². The monoisotopic (exact) mass is 486 g/mol. The highest BCUT2D eigenvalue weighted by Crippen LogP contribution is 2.27. The number of aliphatic hydroxyl groups is 2. The molecule has 4 N–H and O–H groups in total. The van der Waals surface area contributed by atoms with Crippen LogP contribution in [0.1, 0.15) is 11.1 Å². The van der Waals surface area contributed by atoms with E-state index in [4.69, 9.17) is 18.9 Å². The summed E-state index contributed by atoms with van der Waals surface area (Å²) < 4.78 is 20.9. The van der Waals surface area contributed by atoms with Crippen LogP contribution >= 0.6 is 0 Å². The van der Waals surface area contributed by atoms with E-state index in [1.807, 2.05) is 0 Å². The summed E-state index contributed by atoms with van der Waals surface area (Å²) in [7, 11) is 1.40. The van der Waals surface area contributed by atoms with Gasteiger partial charge in [0.1, 0.15) is 30.7 Å². The van der Waals surface area contributed by atoms with Crippen LogP contribution in [0.2, 0.25) is 0 Å². The molecule has 186 valence electrons. The number of aliphatic hydroxyl groups excluding tert-OH is 2. The quantitative estimate of drug-likeness (QED) is 0.302.